The second kappa shape index (κ2) is 6.86. The van der Waals surface area contributed by atoms with Gasteiger partial charge in [0.05, 0.1) is 11.9 Å². The van der Waals surface area contributed by atoms with Crippen molar-refractivity contribution in [1.82, 2.24) is 5.31 Å². The van der Waals surface area contributed by atoms with Crippen molar-refractivity contribution in [2.75, 3.05) is 5.88 Å². The Hall–Kier alpha value is -0.610. The van der Waals surface area contributed by atoms with Crippen LogP contribution in [0, 0.1) is 0 Å². The molecule has 0 aliphatic rings. The van der Waals surface area contributed by atoms with Crippen LogP contribution in [0.2, 0.25) is 1.41 Å². The summed E-state index contributed by atoms with van der Waals surface area (Å²) in [5, 5.41) is 0.500. The molecule has 0 aliphatic heterocycles. The van der Waals surface area contributed by atoms with Crippen molar-refractivity contribution in [3.63, 3.8) is 0 Å². The van der Waals surface area contributed by atoms with E-state index in [9.17, 15) is 9.59 Å². The maximum Gasteiger partial charge on any atom is 0.237 e. The van der Waals surface area contributed by atoms with Gasteiger partial charge in [-0.25, -0.2) is 0 Å². The molecule has 0 aliphatic carbocycles. The first-order valence-corrected chi connectivity index (χ1v) is 4.63. The van der Waals surface area contributed by atoms with Crippen LogP contribution in [0.3, 0.4) is 0 Å². The highest BCUT2D eigenvalue weighted by atomic mass is 35.5. The number of carbonyl (C=O) groups is 1. The van der Waals surface area contributed by atoms with Gasteiger partial charge in [0.15, 0.2) is 1.41 Å². The molecule has 3 N–H and O–H groups in total. The first kappa shape index (κ1) is 10.5. The van der Waals surface area contributed by atoms with Gasteiger partial charge in [0.25, 0.3) is 0 Å². The van der Waals surface area contributed by atoms with Gasteiger partial charge in [0.1, 0.15) is 6.04 Å². The third-order valence-corrected chi connectivity index (χ3v) is 1.77. The maximum absolute atomic E-state index is 11.4. The molecule has 5 heteroatoms. The number of rotatable bonds is 6. The van der Waals surface area contributed by atoms with Crippen LogP contribution in [-0.4, -0.2) is 30.2 Å². The molecular weight excluding hydrogens is 192 g/mol. The summed E-state index contributed by atoms with van der Waals surface area (Å²) < 4.78 is 7.30. The van der Waals surface area contributed by atoms with Gasteiger partial charge in [-0.15, -0.1) is 11.6 Å². The normalized spacial score (nSPS) is 15.8. The molecule has 0 bridgehead atoms. The van der Waals surface area contributed by atoms with Crippen LogP contribution in [0.15, 0.2) is 0 Å². The highest BCUT2D eigenvalue weighted by molar-refractivity contribution is 6.19. The molecule has 0 aromatic heterocycles. The van der Waals surface area contributed by atoms with Crippen molar-refractivity contribution in [3.8, 4) is 0 Å². The van der Waals surface area contributed by atoms with Crippen molar-refractivity contribution in [2.24, 2.45) is 5.73 Å². The van der Waals surface area contributed by atoms with E-state index >= 15 is 0 Å². The molecule has 0 rings (SSSR count). The SMILES string of the molecule is [2H]N(C(=O)[C@@H](N)CCC)[C@H]([C]=O)CCl. The molecule has 1 radical (unpaired) electrons. The van der Waals surface area contributed by atoms with E-state index in [1.54, 1.807) is 0 Å². The van der Waals surface area contributed by atoms with E-state index in [1.807, 2.05) is 6.92 Å². The molecule has 0 aromatic carbocycles. The zero-order valence-electron chi connectivity index (χ0n) is 8.50. The Labute approximate surface area is 84.3 Å². The molecule has 0 unspecified atom stereocenters. The Morgan fingerprint density at radius 2 is 2.46 bits per heavy atom. The van der Waals surface area contributed by atoms with Gasteiger partial charge >= 0.3 is 0 Å². The minimum atomic E-state index is -1.04. The Balaban J connectivity index is 4.28. The lowest BCUT2D eigenvalue weighted by Crippen LogP contribution is -2.46. The van der Waals surface area contributed by atoms with Crippen LogP contribution in [0.25, 0.3) is 0 Å². The highest BCUT2D eigenvalue weighted by Crippen LogP contribution is 1.94. The van der Waals surface area contributed by atoms with E-state index in [1.165, 1.54) is 6.29 Å². The molecule has 0 saturated carbocycles. The van der Waals surface area contributed by atoms with E-state index < -0.39 is 18.0 Å². The van der Waals surface area contributed by atoms with E-state index in [0.717, 1.165) is 6.42 Å². The zero-order valence-corrected chi connectivity index (χ0v) is 8.25. The predicted octanol–water partition coefficient (Wildman–Crippen LogP) is -0.0529. The summed E-state index contributed by atoms with van der Waals surface area (Å²) in [6, 6.07) is -1.77. The minimum absolute atomic E-state index is 0.141. The van der Waals surface area contributed by atoms with Crippen molar-refractivity contribution < 1.29 is 11.0 Å². The minimum Gasteiger partial charge on any atom is -0.343 e. The number of nitrogens with two attached hydrogens (primary N) is 1. The molecular formula is C8H14ClN2O2. The lowest BCUT2D eigenvalue weighted by Gasteiger charge is -2.13. The van der Waals surface area contributed by atoms with Gasteiger partial charge < -0.3 is 11.0 Å². The van der Waals surface area contributed by atoms with Crippen LogP contribution >= 0.6 is 11.6 Å². The van der Waals surface area contributed by atoms with Crippen LogP contribution in [-0.2, 0) is 9.59 Å². The molecule has 0 heterocycles. The predicted molar refractivity (Wildman–Crippen MR) is 51.2 cm³/mol. The fourth-order valence-corrected chi connectivity index (χ4v) is 0.908. The van der Waals surface area contributed by atoms with Gasteiger partial charge in [-0.05, 0) is 6.42 Å². The third kappa shape index (κ3) is 4.85. The summed E-state index contributed by atoms with van der Waals surface area (Å²) in [4.78, 5) is 21.7. The molecule has 13 heavy (non-hydrogen) atoms. The number of hydrogen-bond acceptors (Lipinski definition) is 3. The number of amides is 1. The first-order valence-electron chi connectivity index (χ1n) is 4.54. The van der Waals surface area contributed by atoms with Crippen LogP contribution in [0.4, 0.5) is 0 Å². The summed E-state index contributed by atoms with van der Waals surface area (Å²) in [5.74, 6) is -0.738. The molecule has 0 spiro atoms. The van der Waals surface area contributed by atoms with Crippen molar-refractivity contribution in [2.45, 2.75) is 31.8 Å². The molecule has 0 saturated heterocycles. The highest BCUT2D eigenvalue weighted by Gasteiger charge is 2.16. The van der Waals surface area contributed by atoms with Crippen molar-refractivity contribution >= 4 is 23.8 Å². The lowest BCUT2D eigenvalue weighted by molar-refractivity contribution is -0.122. The van der Waals surface area contributed by atoms with E-state index in [0.29, 0.717) is 11.7 Å². The fraction of sp³-hybridized carbons (Fsp3) is 0.750. The monoisotopic (exact) mass is 206 g/mol. The maximum atomic E-state index is 11.4. The van der Waals surface area contributed by atoms with Gasteiger partial charge in [-0.1, -0.05) is 13.3 Å². The van der Waals surface area contributed by atoms with Crippen molar-refractivity contribution in [3.05, 3.63) is 0 Å². The summed E-state index contributed by atoms with van der Waals surface area (Å²) in [5.41, 5.74) is 5.49. The average Bonchev–Trinajstić information content (AvgIpc) is 2.18. The quantitative estimate of drug-likeness (QED) is 0.599. The number of hydrogen-bond donors (Lipinski definition) is 2. The van der Waals surface area contributed by atoms with Crippen molar-refractivity contribution in [1.29, 1.82) is 0 Å². The van der Waals surface area contributed by atoms with Crippen LogP contribution in [0.5, 0.6) is 0 Å². The number of carbonyl (C=O) groups excluding carboxylic acids is 2. The largest absolute Gasteiger partial charge is 0.343 e. The fourth-order valence-electron chi connectivity index (χ4n) is 0.776. The van der Waals surface area contributed by atoms with E-state index in [4.69, 9.17) is 18.7 Å². The number of halogens is 1. The molecule has 0 aromatic rings. The Bertz CT molecular complexity index is 204. The molecule has 0 fully saturated rings. The van der Waals surface area contributed by atoms with E-state index in [2.05, 4.69) is 0 Å². The second-order valence-corrected chi connectivity index (χ2v) is 2.96. The molecule has 75 valence electrons. The standard InChI is InChI=1S/C8H14ClN2O2/c1-2-3-7(10)8(13)11-6(4-9)5-12/h6-7H,2-4,10H2,1H3,(H,11,13)/t6-,7-/m0/s1/i/hD. The zero-order chi connectivity index (χ0) is 11.1. The number of alkyl halides is 1. The summed E-state index contributed by atoms with van der Waals surface area (Å²) in [7, 11) is 0. The molecule has 2 atom stereocenters. The molecule has 4 nitrogen and oxygen atoms in total. The summed E-state index contributed by atoms with van der Waals surface area (Å²) in [6.45, 7) is 1.88. The van der Waals surface area contributed by atoms with E-state index in [-0.39, 0.29) is 5.88 Å². The second-order valence-electron chi connectivity index (χ2n) is 2.65. The van der Waals surface area contributed by atoms with Gasteiger partial charge in [0.2, 0.25) is 12.2 Å². The van der Waals surface area contributed by atoms with Gasteiger partial charge in [-0.3, -0.25) is 9.59 Å². The van der Waals surface area contributed by atoms with Gasteiger partial charge in [0, 0.05) is 0 Å². The Morgan fingerprint density at radius 3 is 2.85 bits per heavy atom. The topological polar surface area (TPSA) is 72.2 Å². The first-order chi connectivity index (χ1) is 6.58. The Kier molecular flexibility index (Phi) is 5.52. The summed E-state index contributed by atoms with van der Waals surface area (Å²) in [6.07, 6.45) is 2.74. The Morgan fingerprint density at radius 1 is 1.85 bits per heavy atom. The lowest BCUT2D eigenvalue weighted by atomic mass is 10.1. The molecule has 1 amide bonds. The smallest absolute Gasteiger partial charge is 0.237 e. The third-order valence-electron chi connectivity index (χ3n) is 1.48. The summed E-state index contributed by atoms with van der Waals surface area (Å²) >= 11 is 5.37. The van der Waals surface area contributed by atoms with Crippen LogP contribution < -0.4 is 11.0 Å². The number of nitrogens with one attached hydrogen (secondary N) is 1. The van der Waals surface area contributed by atoms with Crippen LogP contribution in [0.1, 0.15) is 19.8 Å². The van der Waals surface area contributed by atoms with Gasteiger partial charge in [-0.2, -0.15) is 0 Å². The average molecular weight is 207 g/mol.